The average Bonchev–Trinajstić information content (AvgIpc) is 2.76. The van der Waals surface area contributed by atoms with Gasteiger partial charge in [-0.3, -0.25) is 5.43 Å². The first-order chi connectivity index (χ1) is 14.6. The fourth-order valence-electron chi connectivity index (χ4n) is 2.99. The normalized spacial score (nSPS) is 11.1. The summed E-state index contributed by atoms with van der Waals surface area (Å²) in [5.74, 6) is 1.08. The summed E-state index contributed by atoms with van der Waals surface area (Å²) in [4.78, 5) is 8.96. The topological polar surface area (TPSA) is 79.6 Å². The molecule has 30 heavy (non-hydrogen) atoms. The van der Waals surface area contributed by atoms with E-state index >= 15 is 0 Å². The molecule has 2 aromatic heterocycles. The van der Waals surface area contributed by atoms with Gasteiger partial charge in [-0.05, 0) is 66.6 Å². The van der Waals surface area contributed by atoms with Crippen molar-refractivity contribution in [1.29, 1.82) is 0 Å². The van der Waals surface area contributed by atoms with Crippen LogP contribution in [0.2, 0.25) is 5.02 Å². The standard InChI is InChI=1S/C23H19ClN4O2/c1-2-30-21-12-15(5-10-20(21)29)14-26-28-23-19(16-6-8-18(24)9-7-16)13-17-4-3-11-25-22(17)27-23/h3-14,29H,2H2,1H3,(H,25,27,28)/b26-14+. The molecule has 7 heteroatoms. The summed E-state index contributed by atoms with van der Waals surface area (Å²) >= 11 is 6.04. The monoisotopic (exact) mass is 418 g/mol. The fraction of sp³-hybridized carbons (Fsp3) is 0.0870. The molecule has 0 aliphatic carbocycles. The van der Waals surface area contributed by atoms with Crippen LogP contribution in [0.5, 0.6) is 11.5 Å². The Bertz CT molecular complexity index is 1210. The Hall–Kier alpha value is -3.64. The molecule has 0 aliphatic rings. The number of fused-ring (bicyclic) bond motifs is 1. The molecule has 6 nitrogen and oxygen atoms in total. The summed E-state index contributed by atoms with van der Waals surface area (Å²) in [6, 6.07) is 18.4. The van der Waals surface area contributed by atoms with Crippen LogP contribution in [0.3, 0.4) is 0 Å². The molecule has 2 N–H and O–H groups in total. The van der Waals surface area contributed by atoms with Crippen molar-refractivity contribution in [2.24, 2.45) is 5.10 Å². The number of phenolic OH excluding ortho intramolecular Hbond substituents is 1. The number of rotatable bonds is 6. The van der Waals surface area contributed by atoms with E-state index in [1.165, 1.54) is 0 Å². The first-order valence-electron chi connectivity index (χ1n) is 9.40. The van der Waals surface area contributed by atoms with Gasteiger partial charge in [-0.25, -0.2) is 9.97 Å². The Morgan fingerprint density at radius 3 is 2.77 bits per heavy atom. The smallest absolute Gasteiger partial charge is 0.161 e. The number of halogens is 1. The van der Waals surface area contributed by atoms with E-state index < -0.39 is 0 Å². The number of nitrogens with one attached hydrogen (secondary N) is 1. The van der Waals surface area contributed by atoms with E-state index in [4.69, 9.17) is 16.3 Å². The fourth-order valence-corrected chi connectivity index (χ4v) is 3.12. The summed E-state index contributed by atoms with van der Waals surface area (Å²) in [7, 11) is 0. The maximum absolute atomic E-state index is 9.84. The second-order valence-corrected chi connectivity index (χ2v) is 6.91. The lowest BCUT2D eigenvalue weighted by Gasteiger charge is -2.10. The highest BCUT2D eigenvalue weighted by molar-refractivity contribution is 6.30. The van der Waals surface area contributed by atoms with E-state index in [1.807, 2.05) is 49.4 Å². The molecule has 0 radical (unpaired) electrons. The first kappa shape index (κ1) is 19.7. The number of phenols is 1. The van der Waals surface area contributed by atoms with Crippen LogP contribution < -0.4 is 10.2 Å². The molecule has 0 bridgehead atoms. The van der Waals surface area contributed by atoms with Crippen molar-refractivity contribution in [2.75, 3.05) is 12.0 Å². The number of hydrazone groups is 1. The van der Waals surface area contributed by atoms with Crippen LogP contribution in [0.15, 0.2) is 72.0 Å². The lowest BCUT2D eigenvalue weighted by Crippen LogP contribution is -1.99. The number of aromatic nitrogens is 2. The van der Waals surface area contributed by atoms with Gasteiger partial charge in [0.1, 0.15) is 0 Å². The Kier molecular flexibility index (Phi) is 5.77. The maximum Gasteiger partial charge on any atom is 0.161 e. The minimum absolute atomic E-state index is 0.0919. The van der Waals surface area contributed by atoms with Gasteiger partial charge < -0.3 is 9.84 Å². The van der Waals surface area contributed by atoms with Crippen LogP contribution >= 0.6 is 11.6 Å². The van der Waals surface area contributed by atoms with Crippen LogP contribution in [-0.4, -0.2) is 27.9 Å². The minimum Gasteiger partial charge on any atom is -0.504 e. The summed E-state index contributed by atoms with van der Waals surface area (Å²) < 4.78 is 5.41. The maximum atomic E-state index is 9.84. The van der Waals surface area contributed by atoms with E-state index in [2.05, 4.69) is 20.5 Å². The molecule has 4 aromatic rings. The third kappa shape index (κ3) is 4.34. The van der Waals surface area contributed by atoms with Gasteiger partial charge in [0.25, 0.3) is 0 Å². The van der Waals surface area contributed by atoms with Crippen molar-refractivity contribution in [2.45, 2.75) is 6.92 Å². The molecule has 0 aliphatic heterocycles. The van der Waals surface area contributed by atoms with Crippen LogP contribution in [0, 0.1) is 0 Å². The molecule has 0 amide bonds. The van der Waals surface area contributed by atoms with E-state index in [-0.39, 0.29) is 5.75 Å². The van der Waals surface area contributed by atoms with Gasteiger partial charge in [-0.1, -0.05) is 23.7 Å². The highest BCUT2D eigenvalue weighted by Crippen LogP contribution is 2.30. The molecule has 0 saturated heterocycles. The van der Waals surface area contributed by atoms with Crippen molar-refractivity contribution < 1.29 is 9.84 Å². The molecule has 4 rings (SSSR count). The SMILES string of the molecule is CCOc1cc(/C=N/Nc2nc3ncccc3cc2-c2ccc(Cl)cc2)ccc1O. The largest absolute Gasteiger partial charge is 0.504 e. The third-order valence-electron chi connectivity index (χ3n) is 4.41. The number of anilines is 1. The number of benzene rings is 2. The number of nitrogens with zero attached hydrogens (tertiary/aromatic N) is 3. The average molecular weight is 419 g/mol. The van der Waals surface area contributed by atoms with Gasteiger partial charge >= 0.3 is 0 Å². The first-order valence-corrected chi connectivity index (χ1v) is 9.78. The second-order valence-electron chi connectivity index (χ2n) is 6.47. The Labute approximate surface area is 178 Å². The quantitative estimate of drug-likeness (QED) is 0.319. The van der Waals surface area contributed by atoms with Crippen molar-refractivity contribution in [3.63, 3.8) is 0 Å². The van der Waals surface area contributed by atoms with Crippen molar-refractivity contribution in [3.8, 4) is 22.6 Å². The van der Waals surface area contributed by atoms with E-state index in [0.717, 1.165) is 22.1 Å². The number of ether oxygens (including phenoxy) is 1. The van der Waals surface area contributed by atoms with Crippen LogP contribution in [0.25, 0.3) is 22.2 Å². The molecule has 0 atom stereocenters. The zero-order valence-corrected chi connectivity index (χ0v) is 17.0. The molecule has 150 valence electrons. The highest BCUT2D eigenvalue weighted by atomic mass is 35.5. The van der Waals surface area contributed by atoms with Gasteiger partial charge in [0.2, 0.25) is 0 Å². The molecule has 2 aromatic carbocycles. The predicted octanol–water partition coefficient (Wildman–Crippen LogP) is 5.50. The van der Waals surface area contributed by atoms with Gasteiger partial charge in [0.05, 0.1) is 12.8 Å². The predicted molar refractivity (Wildman–Crippen MR) is 120 cm³/mol. The van der Waals surface area contributed by atoms with Crippen LogP contribution in [0.1, 0.15) is 12.5 Å². The highest BCUT2D eigenvalue weighted by Gasteiger charge is 2.10. The zero-order chi connectivity index (χ0) is 20.9. The second kappa shape index (κ2) is 8.80. The van der Waals surface area contributed by atoms with Gasteiger partial charge in [0.15, 0.2) is 23.0 Å². The number of hydrogen-bond acceptors (Lipinski definition) is 6. The molecule has 0 spiro atoms. The summed E-state index contributed by atoms with van der Waals surface area (Å²) in [6.07, 6.45) is 3.34. The van der Waals surface area contributed by atoms with E-state index in [1.54, 1.807) is 30.6 Å². The Morgan fingerprint density at radius 1 is 1.13 bits per heavy atom. The van der Waals surface area contributed by atoms with Crippen molar-refractivity contribution in [1.82, 2.24) is 9.97 Å². The summed E-state index contributed by atoms with van der Waals surface area (Å²) in [5.41, 5.74) is 6.25. The molecule has 2 heterocycles. The molecule has 0 unspecified atom stereocenters. The third-order valence-corrected chi connectivity index (χ3v) is 4.66. The molecular weight excluding hydrogens is 400 g/mol. The summed E-state index contributed by atoms with van der Waals surface area (Å²) in [5, 5.41) is 15.8. The van der Waals surface area contributed by atoms with Crippen molar-refractivity contribution >= 4 is 34.7 Å². The Balaban J connectivity index is 1.67. The van der Waals surface area contributed by atoms with Gasteiger partial charge in [-0.15, -0.1) is 0 Å². The molecular formula is C23H19ClN4O2. The number of aromatic hydroxyl groups is 1. The van der Waals surface area contributed by atoms with E-state index in [9.17, 15) is 5.11 Å². The number of hydrogen-bond donors (Lipinski definition) is 2. The molecule has 0 fully saturated rings. The lowest BCUT2D eigenvalue weighted by molar-refractivity contribution is 0.318. The minimum atomic E-state index is 0.0919. The lowest BCUT2D eigenvalue weighted by atomic mass is 10.1. The molecule has 0 saturated carbocycles. The van der Waals surface area contributed by atoms with Gasteiger partial charge in [-0.2, -0.15) is 5.10 Å². The Morgan fingerprint density at radius 2 is 1.97 bits per heavy atom. The van der Waals surface area contributed by atoms with Crippen molar-refractivity contribution in [3.05, 3.63) is 77.4 Å². The zero-order valence-electron chi connectivity index (χ0n) is 16.2. The number of pyridine rings is 2. The van der Waals surface area contributed by atoms with Crippen LogP contribution in [-0.2, 0) is 0 Å². The van der Waals surface area contributed by atoms with Gasteiger partial charge in [0, 0.05) is 22.2 Å². The summed E-state index contributed by atoms with van der Waals surface area (Å²) in [6.45, 7) is 2.32. The van der Waals surface area contributed by atoms with E-state index in [0.29, 0.717) is 28.8 Å². The van der Waals surface area contributed by atoms with Crippen LogP contribution in [0.4, 0.5) is 5.82 Å².